The molecule has 0 saturated carbocycles. The van der Waals surface area contributed by atoms with Crippen molar-refractivity contribution in [2.45, 2.75) is 24.9 Å². The molecule has 7 nitrogen and oxygen atoms in total. The summed E-state index contributed by atoms with van der Waals surface area (Å²) in [5.74, 6) is -0.315. The van der Waals surface area contributed by atoms with Crippen molar-refractivity contribution in [1.29, 1.82) is 0 Å². The third-order valence-electron chi connectivity index (χ3n) is 3.50. The maximum Gasteiger partial charge on any atom is 0.235 e. The van der Waals surface area contributed by atoms with Crippen LogP contribution >= 0.6 is 0 Å². The number of carbonyl (C=O) groups is 1. The number of sulfonamides is 1. The summed E-state index contributed by atoms with van der Waals surface area (Å²) in [6.07, 6.45) is 3.41. The van der Waals surface area contributed by atoms with E-state index in [-0.39, 0.29) is 24.5 Å². The molecule has 2 aliphatic rings. The fraction of sp³-hybridized carbons (Fsp3) is 0.909. The van der Waals surface area contributed by atoms with Crippen molar-refractivity contribution < 1.29 is 17.9 Å². The number of nitrogens with one attached hydrogen (secondary N) is 2. The summed E-state index contributed by atoms with van der Waals surface area (Å²) in [4.78, 5) is 14.0. The fourth-order valence-corrected chi connectivity index (χ4v) is 2.96. The molecule has 2 atom stereocenters. The van der Waals surface area contributed by atoms with Gasteiger partial charge in [0.25, 0.3) is 0 Å². The van der Waals surface area contributed by atoms with Gasteiger partial charge in [0.1, 0.15) is 0 Å². The van der Waals surface area contributed by atoms with Crippen LogP contribution in [0, 0.1) is 0 Å². The Bertz CT molecular complexity index is 420. The SMILES string of the molecule is CS(=O)(=O)NCC(=O)N[C@H]1COC[C@@H]1N1CCCC1. The predicted octanol–water partition coefficient (Wildman–Crippen LogP) is -1.48. The Morgan fingerprint density at radius 2 is 2.00 bits per heavy atom. The molecule has 2 N–H and O–H groups in total. The van der Waals surface area contributed by atoms with Crippen LogP contribution in [0.5, 0.6) is 0 Å². The lowest BCUT2D eigenvalue weighted by Crippen LogP contribution is -2.52. The summed E-state index contributed by atoms with van der Waals surface area (Å²) in [5, 5.41) is 2.85. The highest BCUT2D eigenvalue weighted by Crippen LogP contribution is 2.18. The van der Waals surface area contributed by atoms with Crippen molar-refractivity contribution in [2.75, 3.05) is 39.1 Å². The van der Waals surface area contributed by atoms with Gasteiger partial charge in [0.2, 0.25) is 15.9 Å². The monoisotopic (exact) mass is 291 g/mol. The standard InChI is InChI=1S/C11H21N3O4S/c1-19(16,17)12-6-11(15)13-9-7-18-8-10(9)14-4-2-3-5-14/h9-10,12H,2-8H2,1H3,(H,13,15)/t9-,10-/m0/s1. The molecule has 0 aliphatic carbocycles. The summed E-state index contributed by atoms with van der Waals surface area (Å²) in [5.41, 5.74) is 0. The molecule has 0 aromatic rings. The summed E-state index contributed by atoms with van der Waals surface area (Å²) in [6.45, 7) is 2.99. The predicted molar refractivity (Wildman–Crippen MR) is 70.2 cm³/mol. The Balaban J connectivity index is 1.82. The van der Waals surface area contributed by atoms with Crippen molar-refractivity contribution in [2.24, 2.45) is 0 Å². The number of ether oxygens (including phenoxy) is 1. The van der Waals surface area contributed by atoms with Crippen LogP contribution in [0.3, 0.4) is 0 Å². The van der Waals surface area contributed by atoms with E-state index in [1.54, 1.807) is 0 Å². The normalized spacial score (nSPS) is 28.7. The van der Waals surface area contributed by atoms with Gasteiger partial charge in [-0.25, -0.2) is 13.1 Å². The van der Waals surface area contributed by atoms with E-state index in [1.165, 1.54) is 12.8 Å². The highest BCUT2D eigenvalue weighted by molar-refractivity contribution is 7.88. The minimum absolute atomic E-state index is 0.0491. The van der Waals surface area contributed by atoms with Crippen LogP contribution in [0.1, 0.15) is 12.8 Å². The number of nitrogens with zero attached hydrogens (tertiary/aromatic N) is 1. The molecule has 2 heterocycles. The number of carbonyl (C=O) groups excluding carboxylic acids is 1. The number of likely N-dealkylation sites (tertiary alicyclic amines) is 1. The molecule has 1 amide bonds. The molecular formula is C11H21N3O4S. The van der Waals surface area contributed by atoms with E-state index in [4.69, 9.17) is 4.74 Å². The third-order valence-corrected chi connectivity index (χ3v) is 4.17. The largest absolute Gasteiger partial charge is 0.378 e. The Morgan fingerprint density at radius 3 is 2.63 bits per heavy atom. The smallest absolute Gasteiger partial charge is 0.235 e. The van der Waals surface area contributed by atoms with E-state index in [0.29, 0.717) is 13.2 Å². The van der Waals surface area contributed by atoms with Gasteiger partial charge in [0.05, 0.1) is 38.1 Å². The molecule has 2 rings (SSSR count). The quantitative estimate of drug-likeness (QED) is 0.645. The zero-order chi connectivity index (χ0) is 13.9. The molecule has 19 heavy (non-hydrogen) atoms. The van der Waals surface area contributed by atoms with Crippen molar-refractivity contribution in [3.63, 3.8) is 0 Å². The lowest BCUT2D eigenvalue weighted by atomic mass is 10.1. The lowest BCUT2D eigenvalue weighted by Gasteiger charge is -2.27. The van der Waals surface area contributed by atoms with Gasteiger partial charge in [0.15, 0.2) is 0 Å². The fourth-order valence-electron chi connectivity index (χ4n) is 2.57. The Morgan fingerprint density at radius 1 is 1.32 bits per heavy atom. The van der Waals surface area contributed by atoms with Crippen molar-refractivity contribution >= 4 is 15.9 Å². The molecule has 8 heteroatoms. The molecule has 0 bridgehead atoms. The first kappa shape index (κ1) is 14.7. The first-order valence-electron chi connectivity index (χ1n) is 6.51. The molecule has 0 spiro atoms. The number of amides is 1. The topological polar surface area (TPSA) is 87.7 Å². The van der Waals surface area contributed by atoms with Gasteiger partial charge >= 0.3 is 0 Å². The van der Waals surface area contributed by atoms with Crippen LogP contribution in [0.4, 0.5) is 0 Å². The van der Waals surface area contributed by atoms with Crippen LogP contribution in [0.25, 0.3) is 0 Å². The van der Waals surface area contributed by atoms with Crippen LogP contribution in [0.2, 0.25) is 0 Å². The highest BCUT2D eigenvalue weighted by Gasteiger charge is 2.35. The van der Waals surface area contributed by atoms with Gasteiger partial charge in [0, 0.05) is 0 Å². The molecule has 0 unspecified atom stereocenters. The summed E-state index contributed by atoms with van der Waals surface area (Å²) in [6, 6.07) is 0.164. The molecule has 110 valence electrons. The van der Waals surface area contributed by atoms with E-state index in [2.05, 4.69) is 14.9 Å². The summed E-state index contributed by atoms with van der Waals surface area (Å²) in [7, 11) is -3.33. The molecule has 0 aromatic carbocycles. The Kier molecular flexibility index (Phi) is 4.77. The highest BCUT2D eigenvalue weighted by atomic mass is 32.2. The van der Waals surface area contributed by atoms with Gasteiger partial charge in [-0.1, -0.05) is 0 Å². The van der Waals surface area contributed by atoms with Gasteiger partial charge in [-0.05, 0) is 25.9 Å². The van der Waals surface area contributed by atoms with E-state index in [0.717, 1.165) is 19.3 Å². The van der Waals surface area contributed by atoms with Gasteiger partial charge in [-0.2, -0.15) is 0 Å². The van der Waals surface area contributed by atoms with Crippen molar-refractivity contribution in [3.05, 3.63) is 0 Å². The summed E-state index contributed by atoms with van der Waals surface area (Å²) >= 11 is 0. The molecule has 2 aliphatic heterocycles. The minimum atomic E-state index is -3.33. The number of hydrogen-bond donors (Lipinski definition) is 2. The minimum Gasteiger partial charge on any atom is -0.378 e. The van der Waals surface area contributed by atoms with Crippen LogP contribution in [0.15, 0.2) is 0 Å². The van der Waals surface area contributed by atoms with Crippen LogP contribution in [-0.4, -0.2) is 70.4 Å². The molecule has 0 radical (unpaired) electrons. The van der Waals surface area contributed by atoms with E-state index < -0.39 is 10.0 Å². The van der Waals surface area contributed by atoms with Crippen LogP contribution in [-0.2, 0) is 19.6 Å². The van der Waals surface area contributed by atoms with Gasteiger partial charge in [-0.3, -0.25) is 9.69 Å². The maximum absolute atomic E-state index is 11.7. The zero-order valence-electron chi connectivity index (χ0n) is 11.1. The van der Waals surface area contributed by atoms with Gasteiger partial charge in [-0.15, -0.1) is 0 Å². The third kappa shape index (κ3) is 4.41. The summed E-state index contributed by atoms with van der Waals surface area (Å²) < 4.78 is 29.5. The number of rotatable bonds is 5. The van der Waals surface area contributed by atoms with Crippen LogP contribution < -0.4 is 10.0 Å². The van der Waals surface area contributed by atoms with E-state index >= 15 is 0 Å². The Hall–Kier alpha value is -0.700. The Labute approximate surface area is 113 Å². The molecule has 2 fully saturated rings. The average molecular weight is 291 g/mol. The second-order valence-electron chi connectivity index (χ2n) is 5.12. The average Bonchev–Trinajstić information content (AvgIpc) is 2.94. The molecule has 2 saturated heterocycles. The molecular weight excluding hydrogens is 270 g/mol. The van der Waals surface area contributed by atoms with Gasteiger partial charge < -0.3 is 10.1 Å². The first-order chi connectivity index (χ1) is 8.96. The number of hydrogen-bond acceptors (Lipinski definition) is 5. The van der Waals surface area contributed by atoms with E-state index in [1.807, 2.05) is 0 Å². The van der Waals surface area contributed by atoms with Crippen molar-refractivity contribution in [1.82, 2.24) is 14.9 Å². The maximum atomic E-state index is 11.7. The molecule has 0 aromatic heterocycles. The second-order valence-corrected chi connectivity index (χ2v) is 6.95. The van der Waals surface area contributed by atoms with Crippen molar-refractivity contribution in [3.8, 4) is 0 Å². The zero-order valence-corrected chi connectivity index (χ0v) is 11.9. The first-order valence-corrected chi connectivity index (χ1v) is 8.40. The second kappa shape index (κ2) is 6.17. The lowest BCUT2D eigenvalue weighted by molar-refractivity contribution is -0.120. The van der Waals surface area contributed by atoms with E-state index in [9.17, 15) is 13.2 Å².